The van der Waals surface area contributed by atoms with Crippen molar-refractivity contribution >= 4 is 17.5 Å². The molecule has 0 atom stereocenters. The summed E-state index contributed by atoms with van der Waals surface area (Å²) in [5.74, 6) is 0.714. The molecule has 0 aliphatic carbocycles. The van der Waals surface area contributed by atoms with Crippen molar-refractivity contribution in [1.29, 1.82) is 0 Å². The molecule has 124 valence electrons. The zero-order valence-electron chi connectivity index (χ0n) is 13.6. The summed E-state index contributed by atoms with van der Waals surface area (Å²) >= 11 is 0. The molecule has 0 bridgehead atoms. The Labute approximate surface area is 141 Å². The van der Waals surface area contributed by atoms with Crippen molar-refractivity contribution in [3.63, 3.8) is 0 Å². The lowest BCUT2D eigenvalue weighted by Gasteiger charge is -2.16. The van der Waals surface area contributed by atoms with E-state index in [0.717, 1.165) is 23.4 Å². The van der Waals surface area contributed by atoms with E-state index in [-0.39, 0.29) is 11.8 Å². The van der Waals surface area contributed by atoms with Crippen molar-refractivity contribution in [1.82, 2.24) is 5.32 Å². The monoisotopic (exact) mass is 324 g/mol. The molecule has 2 aromatic rings. The van der Waals surface area contributed by atoms with Crippen LogP contribution in [-0.4, -0.2) is 25.5 Å². The smallest absolute Gasteiger partial charge is 0.251 e. The van der Waals surface area contributed by atoms with Crippen LogP contribution in [0.25, 0.3) is 0 Å². The maximum absolute atomic E-state index is 12.4. The van der Waals surface area contributed by atoms with Gasteiger partial charge in [-0.05, 0) is 42.3 Å². The molecule has 5 nitrogen and oxygen atoms in total. The molecule has 1 saturated heterocycles. The molecule has 0 spiro atoms. The van der Waals surface area contributed by atoms with Gasteiger partial charge in [0.25, 0.3) is 5.91 Å². The van der Waals surface area contributed by atoms with Gasteiger partial charge in [0.2, 0.25) is 5.91 Å². The van der Waals surface area contributed by atoms with Gasteiger partial charge in [-0.25, -0.2) is 0 Å². The van der Waals surface area contributed by atoms with Gasteiger partial charge in [0.05, 0.1) is 7.11 Å². The van der Waals surface area contributed by atoms with Gasteiger partial charge in [-0.2, -0.15) is 0 Å². The van der Waals surface area contributed by atoms with E-state index in [1.54, 1.807) is 30.2 Å². The number of hydrogen-bond acceptors (Lipinski definition) is 3. The molecule has 2 aromatic carbocycles. The molecule has 3 rings (SSSR count). The van der Waals surface area contributed by atoms with Crippen LogP contribution in [0.3, 0.4) is 0 Å². The molecule has 0 radical (unpaired) electrons. The van der Waals surface area contributed by atoms with Crippen molar-refractivity contribution in [3.8, 4) is 5.75 Å². The van der Waals surface area contributed by atoms with Gasteiger partial charge in [0.15, 0.2) is 0 Å². The largest absolute Gasteiger partial charge is 0.497 e. The number of carbonyl (C=O) groups is 2. The highest BCUT2D eigenvalue weighted by Gasteiger charge is 2.22. The third-order valence-corrected chi connectivity index (χ3v) is 4.08. The number of methoxy groups -OCH3 is 1. The summed E-state index contributed by atoms with van der Waals surface area (Å²) in [6, 6.07) is 14.8. The van der Waals surface area contributed by atoms with E-state index in [2.05, 4.69) is 5.32 Å². The van der Waals surface area contributed by atoms with Crippen molar-refractivity contribution in [2.24, 2.45) is 0 Å². The van der Waals surface area contributed by atoms with Crippen LogP contribution in [0.15, 0.2) is 48.5 Å². The van der Waals surface area contributed by atoms with E-state index in [4.69, 9.17) is 4.74 Å². The van der Waals surface area contributed by atoms with Crippen LogP contribution in [0.2, 0.25) is 0 Å². The summed E-state index contributed by atoms with van der Waals surface area (Å²) in [5.41, 5.74) is 2.30. The van der Waals surface area contributed by atoms with Crippen LogP contribution < -0.4 is 15.0 Å². The minimum atomic E-state index is -0.161. The van der Waals surface area contributed by atoms with Gasteiger partial charge in [0.1, 0.15) is 5.75 Å². The second-order valence-electron chi connectivity index (χ2n) is 5.73. The third-order valence-electron chi connectivity index (χ3n) is 4.08. The highest BCUT2D eigenvalue weighted by atomic mass is 16.5. The molecule has 2 amide bonds. The summed E-state index contributed by atoms with van der Waals surface area (Å²) in [4.78, 5) is 26.0. The Kier molecular flexibility index (Phi) is 4.79. The summed E-state index contributed by atoms with van der Waals surface area (Å²) in [7, 11) is 1.61. The van der Waals surface area contributed by atoms with Crippen molar-refractivity contribution in [2.75, 3.05) is 18.6 Å². The molecule has 0 aromatic heterocycles. The zero-order valence-corrected chi connectivity index (χ0v) is 13.6. The van der Waals surface area contributed by atoms with E-state index in [9.17, 15) is 9.59 Å². The number of ether oxygens (including phenoxy) is 1. The minimum absolute atomic E-state index is 0.115. The van der Waals surface area contributed by atoms with E-state index < -0.39 is 0 Å². The maximum atomic E-state index is 12.4. The van der Waals surface area contributed by atoms with Crippen LogP contribution in [0, 0.1) is 0 Å². The Morgan fingerprint density at radius 1 is 1.21 bits per heavy atom. The Hall–Kier alpha value is -2.82. The summed E-state index contributed by atoms with van der Waals surface area (Å²) in [6.07, 6.45) is 1.44. The molecular formula is C19H20N2O3. The van der Waals surface area contributed by atoms with Crippen molar-refractivity contribution in [2.45, 2.75) is 19.4 Å². The van der Waals surface area contributed by atoms with E-state index in [1.165, 1.54) is 0 Å². The number of nitrogens with zero attached hydrogens (tertiary/aromatic N) is 1. The molecular weight excluding hydrogens is 304 g/mol. The van der Waals surface area contributed by atoms with Crippen LogP contribution in [0.1, 0.15) is 28.8 Å². The summed E-state index contributed by atoms with van der Waals surface area (Å²) in [5, 5.41) is 2.90. The second-order valence-corrected chi connectivity index (χ2v) is 5.73. The Morgan fingerprint density at radius 2 is 2.04 bits per heavy atom. The van der Waals surface area contributed by atoms with Gasteiger partial charge in [0, 0.05) is 30.8 Å². The SMILES string of the molecule is COc1cccc(CNC(=O)c2cccc(N3CCCC3=O)c2)c1. The van der Waals surface area contributed by atoms with E-state index >= 15 is 0 Å². The van der Waals surface area contributed by atoms with E-state index in [0.29, 0.717) is 25.1 Å². The predicted octanol–water partition coefficient (Wildman–Crippen LogP) is 2.75. The summed E-state index contributed by atoms with van der Waals surface area (Å²) in [6.45, 7) is 1.14. The number of anilines is 1. The normalized spacial score (nSPS) is 13.9. The van der Waals surface area contributed by atoms with Crippen LogP contribution >= 0.6 is 0 Å². The van der Waals surface area contributed by atoms with Gasteiger partial charge in [-0.1, -0.05) is 18.2 Å². The average molecular weight is 324 g/mol. The quantitative estimate of drug-likeness (QED) is 0.920. The highest BCUT2D eigenvalue weighted by molar-refractivity contribution is 5.99. The Balaban J connectivity index is 1.67. The molecule has 5 heteroatoms. The molecule has 0 unspecified atom stereocenters. The standard InChI is InChI=1S/C19H20N2O3/c1-24-17-8-2-5-14(11-17)13-20-19(23)15-6-3-7-16(12-15)21-10-4-9-18(21)22/h2-3,5-8,11-12H,4,9-10,13H2,1H3,(H,20,23). The first-order valence-corrected chi connectivity index (χ1v) is 7.99. The first-order valence-electron chi connectivity index (χ1n) is 7.99. The molecule has 24 heavy (non-hydrogen) atoms. The first-order chi connectivity index (χ1) is 11.7. The van der Waals surface area contributed by atoms with Gasteiger partial charge < -0.3 is 15.0 Å². The maximum Gasteiger partial charge on any atom is 0.251 e. The lowest BCUT2D eigenvalue weighted by Crippen LogP contribution is -2.25. The number of carbonyl (C=O) groups excluding carboxylic acids is 2. The first kappa shape index (κ1) is 16.1. The Morgan fingerprint density at radius 3 is 2.79 bits per heavy atom. The lowest BCUT2D eigenvalue weighted by molar-refractivity contribution is -0.117. The fourth-order valence-corrected chi connectivity index (χ4v) is 2.80. The van der Waals surface area contributed by atoms with Crippen LogP contribution in [-0.2, 0) is 11.3 Å². The minimum Gasteiger partial charge on any atom is -0.497 e. The zero-order chi connectivity index (χ0) is 16.9. The fraction of sp³-hybridized carbons (Fsp3) is 0.263. The molecule has 1 fully saturated rings. The van der Waals surface area contributed by atoms with Gasteiger partial charge in [-0.15, -0.1) is 0 Å². The lowest BCUT2D eigenvalue weighted by atomic mass is 10.1. The topological polar surface area (TPSA) is 58.6 Å². The number of amides is 2. The second kappa shape index (κ2) is 7.17. The third kappa shape index (κ3) is 3.56. The van der Waals surface area contributed by atoms with Crippen molar-refractivity contribution < 1.29 is 14.3 Å². The van der Waals surface area contributed by atoms with Gasteiger partial charge in [-0.3, -0.25) is 9.59 Å². The molecule has 1 aliphatic rings. The molecule has 1 N–H and O–H groups in total. The van der Waals surface area contributed by atoms with Crippen LogP contribution in [0.5, 0.6) is 5.75 Å². The fourth-order valence-electron chi connectivity index (χ4n) is 2.80. The number of nitrogens with one attached hydrogen (secondary N) is 1. The number of hydrogen-bond donors (Lipinski definition) is 1. The summed E-state index contributed by atoms with van der Waals surface area (Å²) < 4.78 is 5.18. The predicted molar refractivity (Wildman–Crippen MR) is 92.2 cm³/mol. The molecule has 1 heterocycles. The van der Waals surface area contributed by atoms with Gasteiger partial charge >= 0.3 is 0 Å². The van der Waals surface area contributed by atoms with Crippen LogP contribution in [0.4, 0.5) is 5.69 Å². The average Bonchev–Trinajstić information content (AvgIpc) is 3.06. The number of benzene rings is 2. The molecule has 1 aliphatic heterocycles. The molecule has 0 saturated carbocycles. The number of rotatable bonds is 5. The Bertz CT molecular complexity index is 758. The van der Waals surface area contributed by atoms with Crippen molar-refractivity contribution in [3.05, 3.63) is 59.7 Å². The highest BCUT2D eigenvalue weighted by Crippen LogP contribution is 2.22. The van der Waals surface area contributed by atoms with E-state index in [1.807, 2.05) is 30.3 Å².